The third-order valence-electron chi connectivity index (χ3n) is 6.88. The van der Waals surface area contributed by atoms with Gasteiger partial charge in [0.15, 0.2) is 0 Å². The second-order valence-electron chi connectivity index (χ2n) is 10.2. The minimum atomic E-state index is -0.789. The Labute approximate surface area is 281 Å². The first-order valence-electron chi connectivity index (χ1n) is 14.1. The lowest BCUT2D eigenvalue weighted by Gasteiger charge is -2.26. The van der Waals surface area contributed by atoms with E-state index < -0.39 is 50.6 Å². The van der Waals surface area contributed by atoms with Crippen molar-refractivity contribution in [2.24, 2.45) is 4.99 Å². The van der Waals surface area contributed by atoms with Gasteiger partial charge in [-0.05, 0) is 42.0 Å². The van der Waals surface area contributed by atoms with Gasteiger partial charge in [-0.2, -0.15) is 0 Å². The summed E-state index contributed by atoms with van der Waals surface area (Å²) in [6, 6.07) is 16.9. The molecule has 1 aliphatic heterocycles. The number of benzene rings is 3. The van der Waals surface area contributed by atoms with Gasteiger partial charge in [0, 0.05) is 69.3 Å². The highest BCUT2D eigenvalue weighted by molar-refractivity contribution is 8.93. The second kappa shape index (κ2) is 16.5. The predicted molar refractivity (Wildman–Crippen MR) is 179 cm³/mol. The lowest BCUT2D eigenvalue weighted by molar-refractivity contribution is -0.165. The highest BCUT2D eigenvalue weighted by Crippen LogP contribution is 2.43. The second-order valence-corrected chi connectivity index (χ2v) is 10.2. The number of ether oxygens (including phenoxy) is 5. The smallest absolute Gasteiger partial charge is 0.328 e. The van der Waals surface area contributed by atoms with Crippen LogP contribution in [0.4, 0.5) is 11.4 Å². The molecule has 0 spiro atoms. The minimum absolute atomic E-state index is 0. The van der Waals surface area contributed by atoms with Gasteiger partial charge in [-0.3, -0.25) is 24.2 Å². The monoisotopic (exact) mass is 713 g/mol. The van der Waals surface area contributed by atoms with E-state index in [0.29, 0.717) is 22.8 Å². The van der Waals surface area contributed by atoms with Crippen LogP contribution in [0, 0.1) is 0 Å². The standard InChI is InChI=1S/C33H35N3O10.BrH/c1-20(37)42-18-44-31(39)16-36(17-32(40)45-19-43-21(2)38)27-13-22(7-12-28(27)41-6)33-25-10-8-23(34-3)14-29(25)46-30-15-24(35(4)5)9-11-26(30)33;/h7-15H,16-19H2,1-6H3;1H. The largest absolute Gasteiger partial charge is 0.495 e. The van der Waals surface area contributed by atoms with Gasteiger partial charge in [0.25, 0.3) is 0 Å². The molecule has 0 atom stereocenters. The molecule has 2 aliphatic rings. The molecule has 0 N–H and O–H groups in total. The van der Waals surface area contributed by atoms with E-state index >= 15 is 0 Å². The molecule has 47 heavy (non-hydrogen) atoms. The van der Waals surface area contributed by atoms with Crippen LogP contribution in [0.1, 0.15) is 13.8 Å². The Morgan fingerprint density at radius 2 is 1.45 bits per heavy atom. The van der Waals surface area contributed by atoms with Gasteiger partial charge in [-0.15, -0.1) is 17.0 Å². The van der Waals surface area contributed by atoms with Crippen LogP contribution in [-0.2, 0) is 38.1 Å². The van der Waals surface area contributed by atoms with Crippen LogP contribution in [0.2, 0.25) is 0 Å². The van der Waals surface area contributed by atoms with Crippen LogP contribution in [0.3, 0.4) is 0 Å². The molecule has 0 bridgehead atoms. The zero-order valence-corrected chi connectivity index (χ0v) is 28.6. The van der Waals surface area contributed by atoms with Gasteiger partial charge < -0.3 is 37.9 Å². The van der Waals surface area contributed by atoms with E-state index in [4.69, 9.17) is 28.1 Å². The van der Waals surface area contributed by atoms with Crippen LogP contribution in [0.25, 0.3) is 33.4 Å². The van der Waals surface area contributed by atoms with E-state index in [1.165, 1.54) is 25.9 Å². The summed E-state index contributed by atoms with van der Waals surface area (Å²) < 4.78 is 31.5. The van der Waals surface area contributed by atoms with E-state index in [1.54, 1.807) is 19.2 Å². The van der Waals surface area contributed by atoms with Gasteiger partial charge >= 0.3 is 23.9 Å². The van der Waals surface area contributed by atoms with Crippen LogP contribution in [-0.4, -0.2) is 78.8 Å². The quantitative estimate of drug-likeness (QED) is 0.117. The van der Waals surface area contributed by atoms with Gasteiger partial charge in [0.05, 0.1) is 18.2 Å². The highest BCUT2D eigenvalue weighted by atomic mass is 79.9. The Morgan fingerprint density at radius 1 is 0.809 bits per heavy atom. The van der Waals surface area contributed by atoms with Gasteiger partial charge in [-0.25, -0.2) is 0 Å². The van der Waals surface area contributed by atoms with Gasteiger partial charge in [-0.1, -0.05) is 6.07 Å². The number of nitrogens with zero attached hydrogens (tertiary/aromatic N) is 3. The molecule has 4 rings (SSSR count). The molecule has 2 aromatic carbocycles. The number of anilines is 2. The molecule has 2 aromatic rings. The maximum Gasteiger partial charge on any atom is 0.328 e. The Kier molecular flexibility index (Phi) is 12.7. The SMILES string of the molecule is Br.CN=c1ccc2c(-c3ccc(OC)c(N(CC(=O)OCOC(C)=O)CC(=O)OCOC(C)=O)c3)c3ccc(N(C)C)cc3oc-2c1. The molecule has 1 heterocycles. The first-order chi connectivity index (χ1) is 22.0. The lowest BCUT2D eigenvalue weighted by atomic mass is 9.93. The summed E-state index contributed by atoms with van der Waals surface area (Å²) in [5.74, 6) is -1.87. The van der Waals surface area contributed by atoms with Crippen molar-refractivity contribution in [2.45, 2.75) is 13.8 Å². The molecule has 0 saturated carbocycles. The van der Waals surface area contributed by atoms with Crippen molar-refractivity contribution in [2.75, 3.05) is 64.7 Å². The van der Waals surface area contributed by atoms with Crippen LogP contribution >= 0.6 is 17.0 Å². The summed E-state index contributed by atoms with van der Waals surface area (Å²) in [4.78, 5) is 55.5. The first-order valence-corrected chi connectivity index (χ1v) is 14.1. The Hall–Kier alpha value is -5.11. The molecule has 250 valence electrons. The molecule has 0 aromatic heterocycles. The third-order valence-corrected chi connectivity index (χ3v) is 6.88. The molecule has 0 saturated heterocycles. The van der Waals surface area contributed by atoms with Crippen molar-refractivity contribution in [3.8, 4) is 28.2 Å². The molecular formula is C33H36BrN3O10. The average molecular weight is 715 g/mol. The normalized spacial score (nSPS) is 11.0. The molecule has 0 radical (unpaired) electrons. The highest BCUT2D eigenvalue weighted by Gasteiger charge is 2.24. The van der Waals surface area contributed by atoms with Crippen molar-refractivity contribution in [1.82, 2.24) is 0 Å². The number of methoxy groups -OCH3 is 1. The maximum atomic E-state index is 12.8. The van der Waals surface area contributed by atoms with Crippen molar-refractivity contribution in [1.29, 1.82) is 0 Å². The van der Waals surface area contributed by atoms with E-state index in [1.807, 2.05) is 61.5 Å². The summed E-state index contributed by atoms with van der Waals surface area (Å²) >= 11 is 0. The Balaban J connectivity index is 0.00000600. The van der Waals surface area contributed by atoms with E-state index in [0.717, 1.165) is 33.1 Å². The molecule has 13 nitrogen and oxygen atoms in total. The topological polar surface area (TPSA) is 146 Å². The number of esters is 4. The molecule has 1 aliphatic carbocycles. The summed E-state index contributed by atoms with van der Waals surface area (Å²) in [7, 11) is 7.04. The number of hydrogen-bond donors (Lipinski definition) is 0. The number of hydrogen-bond acceptors (Lipinski definition) is 13. The molecule has 0 amide bonds. The number of carbonyl (C=O) groups excluding carboxylic acids is 4. The van der Waals surface area contributed by atoms with Gasteiger partial charge in [0.1, 0.15) is 30.2 Å². The van der Waals surface area contributed by atoms with E-state index in [9.17, 15) is 19.2 Å². The summed E-state index contributed by atoms with van der Waals surface area (Å²) in [6.07, 6.45) is 0. The maximum absolute atomic E-state index is 12.8. The Morgan fingerprint density at radius 3 is 2.00 bits per heavy atom. The fourth-order valence-electron chi connectivity index (χ4n) is 4.67. The summed E-state index contributed by atoms with van der Waals surface area (Å²) in [5, 5.41) is 1.56. The van der Waals surface area contributed by atoms with Crippen LogP contribution in [0.15, 0.2) is 64.0 Å². The molecule has 0 unspecified atom stereocenters. The average Bonchev–Trinajstić information content (AvgIpc) is 3.02. The Bertz CT molecular complexity index is 1770. The molecular weight excluding hydrogens is 678 g/mol. The van der Waals surface area contributed by atoms with Gasteiger partial charge in [0.2, 0.25) is 13.6 Å². The van der Waals surface area contributed by atoms with Crippen molar-refractivity contribution in [3.63, 3.8) is 0 Å². The number of halogens is 1. The van der Waals surface area contributed by atoms with Crippen molar-refractivity contribution >= 4 is 63.2 Å². The zero-order chi connectivity index (χ0) is 33.4. The fourth-order valence-corrected chi connectivity index (χ4v) is 4.67. The summed E-state index contributed by atoms with van der Waals surface area (Å²) in [6.45, 7) is 0.287. The number of rotatable bonds is 12. The predicted octanol–water partition coefficient (Wildman–Crippen LogP) is 4.32. The van der Waals surface area contributed by atoms with Crippen LogP contribution in [0.5, 0.6) is 5.75 Å². The molecule has 14 heteroatoms. The first kappa shape index (κ1) is 36.4. The third kappa shape index (κ3) is 9.22. The minimum Gasteiger partial charge on any atom is -0.495 e. The van der Waals surface area contributed by atoms with Crippen molar-refractivity contribution in [3.05, 3.63) is 60.0 Å². The lowest BCUT2D eigenvalue weighted by Crippen LogP contribution is -2.37. The number of carbonyl (C=O) groups is 4. The fraction of sp³-hybridized carbons (Fsp3) is 0.303. The summed E-state index contributed by atoms with van der Waals surface area (Å²) in [5.41, 5.74) is 4.32. The van der Waals surface area contributed by atoms with Crippen molar-refractivity contribution < 1.29 is 47.3 Å². The van der Waals surface area contributed by atoms with E-state index in [-0.39, 0.29) is 17.0 Å². The van der Waals surface area contributed by atoms with E-state index in [2.05, 4.69) is 4.99 Å². The zero-order valence-electron chi connectivity index (χ0n) is 26.9. The van der Waals surface area contributed by atoms with Crippen LogP contribution < -0.4 is 19.9 Å². The molecule has 0 fully saturated rings. The number of fused-ring (bicyclic) bond motifs is 2.